The molecule has 1 saturated heterocycles. The van der Waals surface area contributed by atoms with Crippen molar-refractivity contribution in [1.82, 2.24) is 5.32 Å². The molecule has 1 aliphatic heterocycles. The number of benzene rings is 1. The average molecular weight is 211 g/mol. The van der Waals surface area contributed by atoms with Crippen molar-refractivity contribution in [3.8, 4) is 5.75 Å². The van der Waals surface area contributed by atoms with Gasteiger partial charge in [0.25, 0.3) is 0 Å². The van der Waals surface area contributed by atoms with Crippen LogP contribution in [0.15, 0.2) is 18.2 Å². The summed E-state index contributed by atoms with van der Waals surface area (Å²) < 4.78 is 24.0. The first kappa shape index (κ1) is 10.4. The van der Waals surface area contributed by atoms with Gasteiger partial charge in [-0.25, -0.2) is 4.39 Å². The van der Waals surface area contributed by atoms with E-state index in [1.54, 1.807) is 6.07 Å². The lowest BCUT2D eigenvalue weighted by Gasteiger charge is -2.10. The minimum absolute atomic E-state index is 0.0461. The van der Waals surface area contributed by atoms with E-state index in [-0.39, 0.29) is 11.9 Å². The highest BCUT2D eigenvalue weighted by Crippen LogP contribution is 2.25. The second-order valence-electron chi connectivity index (χ2n) is 3.38. The van der Waals surface area contributed by atoms with E-state index in [0.29, 0.717) is 19.1 Å². The van der Waals surface area contributed by atoms with E-state index in [1.807, 2.05) is 13.0 Å². The van der Waals surface area contributed by atoms with E-state index < -0.39 is 0 Å². The van der Waals surface area contributed by atoms with Crippen molar-refractivity contribution in [1.29, 1.82) is 0 Å². The smallest absolute Gasteiger partial charge is 0.165 e. The fourth-order valence-electron chi connectivity index (χ4n) is 1.61. The van der Waals surface area contributed by atoms with Crippen LogP contribution in [0, 0.1) is 5.82 Å². The molecule has 4 heteroatoms. The van der Waals surface area contributed by atoms with E-state index in [1.165, 1.54) is 6.07 Å². The summed E-state index contributed by atoms with van der Waals surface area (Å²) in [6, 6.07) is 4.96. The van der Waals surface area contributed by atoms with E-state index in [0.717, 1.165) is 12.1 Å². The fourth-order valence-corrected chi connectivity index (χ4v) is 1.61. The first-order chi connectivity index (χ1) is 7.31. The van der Waals surface area contributed by atoms with Crippen LogP contribution in [0.2, 0.25) is 0 Å². The van der Waals surface area contributed by atoms with Crippen molar-refractivity contribution in [2.75, 3.05) is 19.9 Å². The maximum Gasteiger partial charge on any atom is 0.165 e. The third-order valence-corrected chi connectivity index (χ3v) is 2.34. The summed E-state index contributed by atoms with van der Waals surface area (Å²) in [5, 5.41) is 3.05. The van der Waals surface area contributed by atoms with Gasteiger partial charge in [-0.15, -0.1) is 0 Å². The zero-order valence-corrected chi connectivity index (χ0v) is 8.63. The number of halogens is 1. The van der Waals surface area contributed by atoms with Crippen molar-refractivity contribution in [2.24, 2.45) is 0 Å². The molecule has 2 rings (SSSR count). The fraction of sp³-hybridized carbons (Fsp3) is 0.455. The van der Waals surface area contributed by atoms with E-state index in [4.69, 9.17) is 9.47 Å². The summed E-state index contributed by atoms with van der Waals surface area (Å²) in [4.78, 5) is 0. The van der Waals surface area contributed by atoms with Crippen LogP contribution >= 0.6 is 0 Å². The quantitative estimate of drug-likeness (QED) is 0.827. The van der Waals surface area contributed by atoms with Gasteiger partial charge in [-0.2, -0.15) is 0 Å². The van der Waals surface area contributed by atoms with Gasteiger partial charge in [-0.1, -0.05) is 6.07 Å². The van der Waals surface area contributed by atoms with Crippen LogP contribution in [0.5, 0.6) is 5.75 Å². The Morgan fingerprint density at radius 2 is 2.47 bits per heavy atom. The molecule has 82 valence electrons. The maximum absolute atomic E-state index is 13.5. The first-order valence-electron chi connectivity index (χ1n) is 5.06. The highest BCUT2D eigenvalue weighted by atomic mass is 19.1. The zero-order chi connectivity index (χ0) is 10.7. The van der Waals surface area contributed by atoms with Crippen LogP contribution < -0.4 is 10.1 Å². The Morgan fingerprint density at radius 1 is 1.60 bits per heavy atom. The summed E-state index contributed by atoms with van der Waals surface area (Å²) in [7, 11) is 0. The molecule has 0 saturated carbocycles. The molecule has 15 heavy (non-hydrogen) atoms. The second kappa shape index (κ2) is 4.59. The standard InChI is InChI=1S/C11H14FNO2/c1-2-14-10-4-3-8(5-9(10)12)11-6-13-7-15-11/h3-5,11,13H,2,6-7H2,1H3. The lowest BCUT2D eigenvalue weighted by Crippen LogP contribution is -2.08. The molecule has 1 atom stereocenters. The van der Waals surface area contributed by atoms with Gasteiger partial charge in [0.1, 0.15) is 0 Å². The molecule has 3 nitrogen and oxygen atoms in total. The Kier molecular flexibility index (Phi) is 3.18. The maximum atomic E-state index is 13.5. The summed E-state index contributed by atoms with van der Waals surface area (Å²) in [6.07, 6.45) is -0.0461. The van der Waals surface area contributed by atoms with Gasteiger partial charge in [0.05, 0.1) is 19.4 Å². The summed E-state index contributed by atoms with van der Waals surface area (Å²) in [6.45, 7) is 3.56. The molecule has 1 aromatic rings. The van der Waals surface area contributed by atoms with Crippen LogP contribution in [0.1, 0.15) is 18.6 Å². The van der Waals surface area contributed by atoms with Crippen LogP contribution in [-0.4, -0.2) is 19.9 Å². The minimum Gasteiger partial charge on any atom is -0.491 e. The summed E-state index contributed by atoms with van der Waals surface area (Å²) in [5.41, 5.74) is 0.848. The molecule has 1 aliphatic rings. The molecule has 1 unspecified atom stereocenters. The van der Waals surface area contributed by atoms with Gasteiger partial charge in [-0.3, -0.25) is 5.32 Å². The van der Waals surface area contributed by atoms with Crippen molar-refractivity contribution in [3.63, 3.8) is 0 Å². The van der Waals surface area contributed by atoms with E-state index in [9.17, 15) is 4.39 Å². The number of hydrogen-bond acceptors (Lipinski definition) is 3. The van der Waals surface area contributed by atoms with Gasteiger partial charge >= 0.3 is 0 Å². The molecule has 1 fully saturated rings. The normalized spacial score (nSPS) is 20.5. The van der Waals surface area contributed by atoms with Crippen LogP contribution in [0.4, 0.5) is 4.39 Å². The third kappa shape index (κ3) is 2.27. The molecule has 0 bridgehead atoms. The van der Waals surface area contributed by atoms with Crippen molar-refractivity contribution in [2.45, 2.75) is 13.0 Å². The van der Waals surface area contributed by atoms with Crippen molar-refractivity contribution < 1.29 is 13.9 Å². The van der Waals surface area contributed by atoms with Gasteiger partial charge < -0.3 is 9.47 Å². The second-order valence-corrected chi connectivity index (χ2v) is 3.38. The van der Waals surface area contributed by atoms with Crippen molar-refractivity contribution in [3.05, 3.63) is 29.6 Å². The van der Waals surface area contributed by atoms with Crippen LogP contribution in [-0.2, 0) is 4.74 Å². The molecule has 0 spiro atoms. The monoisotopic (exact) mass is 211 g/mol. The molecule has 1 heterocycles. The molecular formula is C11H14FNO2. The van der Waals surface area contributed by atoms with Crippen LogP contribution in [0.3, 0.4) is 0 Å². The Balaban J connectivity index is 2.16. The molecule has 1 aromatic carbocycles. The van der Waals surface area contributed by atoms with E-state index >= 15 is 0 Å². The van der Waals surface area contributed by atoms with Gasteiger partial charge in [0, 0.05) is 6.54 Å². The number of hydrogen-bond donors (Lipinski definition) is 1. The summed E-state index contributed by atoms with van der Waals surface area (Å²) in [5.74, 6) is -0.0305. The Bertz CT molecular complexity index is 337. The molecule has 0 aromatic heterocycles. The highest BCUT2D eigenvalue weighted by molar-refractivity contribution is 5.31. The predicted molar refractivity (Wildman–Crippen MR) is 54.3 cm³/mol. The van der Waals surface area contributed by atoms with Gasteiger partial charge in [0.2, 0.25) is 0 Å². The SMILES string of the molecule is CCOc1ccc(C2CNCO2)cc1F. The van der Waals surface area contributed by atoms with Gasteiger partial charge in [-0.05, 0) is 24.6 Å². The Hall–Kier alpha value is -1.13. The molecule has 0 aliphatic carbocycles. The largest absolute Gasteiger partial charge is 0.491 e. The van der Waals surface area contributed by atoms with Gasteiger partial charge in [0.15, 0.2) is 11.6 Å². The molecule has 0 radical (unpaired) electrons. The molecule has 0 amide bonds. The lowest BCUT2D eigenvalue weighted by atomic mass is 10.1. The topological polar surface area (TPSA) is 30.5 Å². The Morgan fingerprint density at radius 3 is 3.07 bits per heavy atom. The van der Waals surface area contributed by atoms with Crippen molar-refractivity contribution >= 4 is 0 Å². The van der Waals surface area contributed by atoms with E-state index in [2.05, 4.69) is 5.32 Å². The molecule has 1 N–H and O–H groups in total. The lowest BCUT2D eigenvalue weighted by molar-refractivity contribution is 0.114. The minimum atomic E-state index is -0.329. The summed E-state index contributed by atoms with van der Waals surface area (Å²) >= 11 is 0. The number of nitrogens with one attached hydrogen (secondary N) is 1. The van der Waals surface area contributed by atoms with Crippen LogP contribution in [0.25, 0.3) is 0 Å². The zero-order valence-electron chi connectivity index (χ0n) is 8.63. The average Bonchev–Trinajstić information content (AvgIpc) is 2.74. The highest BCUT2D eigenvalue weighted by Gasteiger charge is 2.18. The number of ether oxygens (including phenoxy) is 2. The first-order valence-corrected chi connectivity index (χ1v) is 5.06. The molecular weight excluding hydrogens is 197 g/mol. The Labute approximate surface area is 88.2 Å². The third-order valence-electron chi connectivity index (χ3n) is 2.34. The predicted octanol–water partition coefficient (Wildman–Crippen LogP) is 1.84. The number of rotatable bonds is 3.